The lowest BCUT2D eigenvalue weighted by Gasteiger charge is -2.37. The van der Waals surface area contributed by atoms with Crippen LogP contribution in [-0.4, -0.2) is 59.6 Å². The van der Waals surface area contributed by atoms with Crippen LogP contribution in [0.5, 0.6) is 0 Å². The van der Waals surface area contributed by atoms with E-state index in [-0.39, 0.29) is 13.2 Å². The fourth-order valence-electron chi connectivity index (χ4n) is 3.56. The van der Waals surface area contributed by atoms with E-state index in [9.17, 15) is 15.3 Å². The van der Waals surface area contributed by atoms with Gasteiger partial charge in [-0.15, -0.1) is 0 Å². The highest BCUT2D eigenvalue weighted by Gasteiger charge is 2.39. The van der Waals surface area contributed by atoms with Crippen molar-refractivity contribution in [2.45, 2.75) is 108 Å². The lowest BCUT2D eigenvalue weighted by atomic mass is 10.0. The normalized spacial score (nSPS) is 26.1. The van der Waals surface area contributed by atoms with E-state index in [1.165, 1.54) is 64.2 Å². The highest BCUT2D eigenvalue weighted by Crippen LogP contribution is 2.19. The number of unbranched alkanes of at least 4 members (excludes halogenated alkanes) is 11. The maximum atomic E-state index is 9.99. The molecular weight excluding hydrogens is 344 g/mol. The minimum atomic E-state index is -0.987. The van der Waals surface area contributed by atoms with Crippen molar-refractivity contribution in [3.63, 3.8) is 0 Å². The zero-order chi connectivity index (χ0) is 19.7. The summed E-state index contributed by atoms with van der Waals surface area (Å²) in [5.41, 5.74) is 0. The number of hydrogen-bond donors (Lipinski definition) is 3. The van der Waals surface area contributed by atoms with E-state index in [1.807, 2.05) is 0 Å². The van der Waals surface area contributed by atoms with Crippen LogP contribution in [0.1, 0.15) is 84.0 Å². The van der Waals surface area contributed by atoms with Crippen molar-refractivity contribution >= 4 is 0 Å². The van der Waals surface area contributed by atoms with E-state index < -0.39 is 24.4 Å². The van der Waals surface area contributed by atoms with Crippen LogP contribution < -0.4 is 0 Å². The van der Waals surface area contributed by atoms with Crippen LogP contribution in [0.25, 0.3) is 0 Å². The van der Waals surface area contributed by atoms with Gasteiger partial charge >= 0.3 is 0 Å². The average molecular weight is 387 g/mol. The minimum absolute atomic E-state index is 0.0441. The Morgan fingerprint density at radius 2 is 1.44 bits per heavy atom. The molecule has 1 rings (SSSR count). The van der Waals surface area contributed by atoms with Gasteiger partial charge in [-0.05, 0) is 26.2 Å². The maximum Gasteiger partial charge on any atom is 0.114 e. The fourth-order valence-corrected chi connectivity index (χ4v) is 3.56. The summed E-state index contributed by atoms with van der Waals surface area (Å²) >= 11 is 0. The molecule has 0 aromatic carbocycles. The SMILES string of the molecule is C/C=C/CCCCCCCCCCCCCO[C@@H]1[C@@H](O)[C@H](O)CO[C@H]1CO. The molecule has 0 saturated carbocycles. The highest BCUT2D eigenvalue weighted by molar-refractivity contribution is 4.87. The first-order chi connectivity index (χ1) is 13.2. The van der Waals surface area contributed by atoms with E-state index in [0.717, 1.165) is 12.8 Å². The van der Waals surface area contributed by atoms with E-state index >= 15 is 0 Å². The number of rotatable bonds is 16. The Kier molecular flexibility index (Phi) is 15.0. The largest absolute Gasteiger partial charge is 0.394 e. The molecule has 1 aliphatic rings. The number of aliphatic hydroxyl groups is 3. The summed E-state index contributed by atoms with van der Waals surface area (Å²) in [6, 6.07) is 0. The third-order valence-corrected chi connectivity index (χ3v) is 5.32. The van der Waals surface area contributed by atoms with Crippen molar-refractivity contribution in [3.8, 4) is 0 Å². The molecule has 1 fully saturated rings. The summed E-state index contributed by atoms with van der Waals surface area (Å²) in [7, 11) is 0. The first kappa shape index (κ1) is 24.6. The Balaban J connectivity index is 1.88. The Bertz CT molecular complexity index is 359. The van der Waals surface area contributed by atoms with Crippen molar-refractivity contribution in [2.75, 3.05) is 19.8 Å². The summed E-state index contributed by atoms with van der Waals surface area (Å²) in [6.45, 7) is 2.45. The second-order valence-corrected chi connectivity index (χ2v) is 7.69. The van der Waals surface area contributed by atoms with Crippen LogP contribution in [0.15, 0.2) is 12.2 Å². The van der Waals surface area contributed by atoms with Gasteiger partial charge < -0.3 is 24.8 Å². The van der Waals surface area contributed by atoms with Crippen LogP contribution >= 0.6 is 0 Å². The van der Waals surface area contributed by atoms with E-state index in [0.29, 0.717) is 6.61 Å². The van der Waals surface area contributed by atoms with Gasteiger partial charge in [0.25, 0.3) is 0 Å². The summed E-state index contributed by atoms with van der Waals surface area (Å²) < 4.78 is 11.0. The molecule has 0 radical (unpaired) electrons. The fraction of sp³-hybridized carbons (Fsp3) is 0.909. The summed E-state index contributed by atoms with van der Waals surface area (Å²) in [5.74, 6) is 0. The van der Waals surface area contributed by atoms with E-state index in [4.69, 9.17) is 9.47 Å². The number of hydrogen-bond acceptors (Lipinski definition) is 5. The molecule has 160 valence electrons. The number of allylic oxidation sites excluding steroid dienone is 2. The smallest absolute Gasteiger partial charge is 0.114 e. The Morgan fingerprint density at radius 1 is 0.889 bits per heavy atom. The molecule has 0 bridgehead atoms. The van der Waals surface area contributed by atoms with Gasteiger partial charge in [-0.1, -0.05) is 69.9 Å². The summed E-state index contributed by atoms with van der Waals surface area (Å²) in [5, 5.41) is 28.9. The zero-order valence-corrected chi connectivity index (χ0v) is 17.2. The molecule has 27 heavy (non-hydrogen) atoms. The van der Waals surface area contributed by atoms with Crippen molar-refractivity contribution in [3.05, 3.63) is 12.2 Å². The molecule has 1 heterocycles. The molecule has 3 N–H and O–H groups in total. The molecule has 1 aliphatic heterocycles. The first-order valence-corrected chi connectivity index (χ1v) is 11.0. The van der Waals surface area contributed by atoms with Gasteiger partial charge in [0.15, 0.2) is 0 Å². The standard InChI is InChI=1S/C22H42O5/c1-2-3-4-5-6-7-8-9-10-11-12-13-14-15-16-26-22-20(17-23)27-18-19(24)21(22)25/h2-3,19-25H,4-18H2,1H3/b3-2+/t19-,20+,21+,22+/m1/s1. The van der Waals surface area contributed by atoms with Gasteiger partial charge in [0.05, 0.1) is 13.2 Å². The minimum Gasteiger partial charge on any atom is -0.394 e. The van der Waals surface area contributed by atoms with Gasteiger partial charge in [-0.25, -0.2) is 0 Å². The van der Waals surface area contributed by atoms with Crippen LogP contribution in [-0.2, 0) is 9.47 Å². The van der Waals surface area contributed by atoms with Crippen LogP contribution in [0.3, 0.4) is 0 Å². The molecule has 5 nitrogen and oxygen atoms in total. The van der Waals surface area contributed by atoms with Gasteiger partial charge in [-0.2, -0.15) is 0 Å². The Hall–Kier alpha value is -0.460. The Morgan fingerprint density at radius 3 is 2.00 bits per heavy atom. The lowest BCUT2D eigenvalue weighted by Crippen LogP contribution is -2.55. The molecule has 0 aromatic rings. The van der Waals surface area contributed by atoms with Crippen molar-refractivity contribution in [1.29, 1.82) is 0 Å². The van der Waals surface area contributed by atoms with Crippen molar-refractivity contribution in [1.82, 2.24) is 0 Å². The number of ether oxygens (including phenoxy) is 2. The zero-order valence-electron chi connectivity index (χ0n) is 17.2. The number of aliphatic hydroxyl groups excluding tert-OH is 3. The predicted octanol–water partition coefficient (Wildman–Crippen LogP) is 3.74. The van der Waals surface area contributed by atoms with Gasteiger partial charge in [0, 0.05) is 6.61 Å². The second kappa shape index (κ2) is 16.5. The lowest BCUT2D eigenvalue weighted by molar-refractivity contribution is -0.211. The molecule has 5 heteroatoms. The topological polar surface area (TPSA) is 79.2 Å². The molecule has 0 aromatic heterocycles. The van der Waals surface area contributed by atoms with Crippen molar-refractivity contribution < 1.29 is 24.8 Å². The molecule has 0 unspecified atom stereocenters. The first-order valence-electron chi connectivity index (χ1n) is 11.0. The average Bonchev–Trinajstić information content (AvgIpc) is 2.68. The molecule has 0 amide bonds. The summed E-state index contributed by atoms with van der Waals surface area (Å²) in [4.78, 5) is 0. The van der Waals surface area contributed by atoms with Crippen LogP contribution in [0.4, 0.5) is 0 Å². The maximum absolute atomic E-state index is 9.99. The third kappa shape index (κ3) is 11.2. The molecule has 1 saturated heterocycles. The third-order valence-electron chi connectivity index (χ3n) is 5.32. The second-order valence-electron chi connectivity index (χ2n) is 7.69. The monoisotopic (exact) mass is 386 g/mol. The Labute approximate surface area is 165 Å². The molecule has 0 aliphatic carbocycles. The quantitative estimate of drug-likeness (QED) is 0.278. The van der Waals surface area contributed by atoms with Crippen molar-refractivity contribution in [2.24, 2.45) is 0 Å². The highest BCUT2D eigenvalue weighted by atomic mass is 16.6. The predicted molar refractivity (Wildman–Crippen MR) is 109 cm³/mol. The van der Waals surface area contributed by atoms with Crippen LogP contribution in [0, 0.1) is 0 Å². The van der Waals surface area contributed by atoms with Gasteiger partial charge in [0.1, 0.15) is 24.4 Å². The summed E-state index contributed by atoms with van der Waals surface area (Å²) in [6.07, 6.45) is 16.5. The molecule has 0 spiro atoms. The molecule has 4 atom stereocenters. The van der Waals surface area contributed by atoms with E-state index in [2.05, 4.69) is 19.1 Å². The van der Waals surface area contributed by atoms with Gasteiger partial charge in [-0.3, -0.25) is 0 Å². The van der Waals surface area contributed by atoms with E-state index in [1.54, 1.807) is 0 Å². The van der Waals surface area contributed by atoms with Gasteiger partial charge in [0.2, 0.25) is 0 Å². The molecular formula is C22H42O5. The van der Waals surface area contributed by atoms with Crippen LogP contribution in [0.2, 0.25) is 0 Å².